The Kier molecular flexibility index (Phi) is 6.56. The lowest BCUT2D eigenvalue weighted by molar-refractivity contribution is -0.140. The fraction of sp³-hybridized carbons (Fsp3) is 0.273. The van der Waals surface area contributed by atoms with E-state index < -0.39 is 17.7 Å². The predicted octanol–water partition coefficient (Wildman–Crippen LogP) is 3.81. The van der Waals surface area contributed by atoms with Crippen LogP contribution in [0.25, 0.3) is 5.76 Å². The Bertz CT molecular complexity index is 938. The molecule has 7 heteroatoms. The molecule has 0 aliphatic carbocycles. The smallest absolute Gasteiger partial charge is 0.295 e. The molecule has 0 spiro atoms. The number of aliphatic hydroxyl groups is 1. The fourth-order valence-electron chi connectivity index (χ4n) is 3.35. The van der Waals surface area contributed by atoms with Crippen molar-refractivity contribution in [1.82, 2.24) is 4.90 Å². The number of methoxy groups -OCH3 is 1. The average Bonchev–Trinajstić information content (AvgIpc) is 2.97. The Morgan fingerprint density at radius 1 is 1.17 bits per heavy atom. The lowest BCUT2D eigenvalue weighted by Gasteiger charge is -2.25. The second kappa shape index (κ2) is 9.11. The Balaban J connectivity index is 2.14. The zero-order valence-corrected chi connectivity index (χ0v) is 17.0. The molecule has 3 rings (SSSR count). The number of benzene rings is 2. The monoisotopic (exact) mass is 415 g/mol. The van der Waals surface area contributed by atoms with Crippen LogP contribution in [0.5, 0.6) is 5.75 Å². The zero-order chi connectivity index (χ0) is 21.0. The van der Waals surface area contributed by atoms with Crippen molar-refractivity contribution in [3.05, 3.63) is 70.3 Å². The van der Waals surface area contributed by atoms with Gasteiger partial charge in [0.15, 0.2) is 0 Å². The number of hydrogen-bond acceptors (Lipinski definition) is 5. The largest absolute Gasteiger partial charge is 0.507 e. The first kappa shape index (κ1) is 20.9. The summed E-state index contributed by atoms with van der Waals surface area (Å²) in [5.74, 6) is -1.04. The molecule has 2 aromatic carbocycles. The predicted molar refractivity (Wildman–Crippen MR) is 110 cm³/mol. The van der Waals surface area contributed by atoms with E-state index in [-0.39, 0.29) is 24.5 Å². The van der Waals surface area contributed by atoms with Gasteiger partial charge in [-0.1, -0.05) is 23.7 Å². The van der Waals surface area contributed by atoms with Crippen LogP contribution in [0.4, 0.5) is 0 Å². The summed E-state index contributed by atoms with van der Waals surface area (Å²) in [5, 5.41) is 11.4. The molecule has 0 bridgehead atoms. The molecule has 1 unspecified atom stereocenters. The SMILES string of the molecule is CCOc1cccc(C2/C(=C(/O)c3ccc(Cl)cc3)C(=O)C(=O)N2CCOC)c1. The molecule has 1 fully saturated rings. The molecule has 29 heavy (non-hydrogen) atoms. The third-order valence-corrected chi connectivity index (χ3v) is 4.93. The Morgan fingerprint density at radius 3 is 2.55 bits per heavy atom. The zero-order valence-electron chi connectivity index (χ0n) is 16.2. The number of rotatable bonds is 7. The van der Waals surface area contributed by atoms with Gasteiger partial charge in [-0.05, 0) is 48.9 Å². The number of Topliss-reactive ketones (excluding diaryl/α,β-unsaturated/α-hetero) is 1. The molecule has 1 aliphatic rings. The average molecular weight is 416 g/mol. The van der Waals surface area contributed by atoms with E-state index in [0.29, 0.717) is 28.5 Å². The number of carbonyl (C=O) groups excluding carboxylic acids is 2. The highest BCUT2D eigenvalue weighted by molar-refractivity contribution is 6.46. The van der Waals surface area contributed by atoms with Crippen LogP contribution < -0.4 is 4.74 Å². The summed E-state index contributed by atoms with van der Waals surface area (Å²) in [4.78, 5) is 27.0. The highest BCUT2D eigenvalue weighted by atomic mass is 35.5. The minimum Gasteiger partial charge on any atom is -0.507 e. The van der Waals surface area contributed by atoms with Gasteiger partial charge in [-0.3, -0.25) is 9.59 Å². The quantitative estimate of drug-likeness (QED) is 0.423. The van der Waals surface area contributed by atoms with Crippen molar-refractivity contribution >= 4 is 29.1 Å². The number of halogens is 1. The summed E-state index contributed by atoms with van der Waals surface area (Å²) >= 11 is 5.93. The van der Waals surface area contributed by atoms with Gasteiger partial charge in [-0.25, -0.2) is 0 Å². The van der Waals surface area contributed by atoms with Crippen LogP contribution in [-0.2, 0) is 14.3 Å². The van der Waals surface area contributed by atoms with E-state index in [1.165, 1.54) is 12.0 Å². The molecule has 0 saturated carbocycles. The van der Waals surface area contributed by atoms with E-state index in [2.05, 4.69) is 0 Å². The molecule has 0 aromatic heterocycles. The maximum atomic E-state index is 12.8. The summed E-state index contributed by atoms with van der Waals surface area (Å²) in [6.45, 7) is 2.83. The molecule has 1 N–H and O–H groups in total. The topological polar surface area (TPSA) is 76.1 Å². The molecule has 2 aromatic rings. The van der Waals surface area contributed by atoms with Gasteiger partial charge in [0.2, 0.25) is 0 Å². The van der Waals surface area contributed by atoms with Crippen LogP contribution in [-0.4, -0.2) is 48.6 Å². The summed E-state index contributed by atoms with van der Waals surface area (Å²) in [5.41, 5.74) is 1.11. The molecule has 1 atom stereocenters. The van der Waals surface area contributed by atoms with Crippen LogP contribution in [0.15, 0.2) is 54.1 Å². The molecular weight excluding hydrogens is 394 g/mol. The van der Waals surface area contributed by atoms with E-state index in [0.717, 1.165) is 0 Å². The molecule has 1 aliphatic heterocycles. The number of ketones is 1. The van der Waals surface area contributed by atoms with Crippen molar-refractivity contribution in [2.24, 2.45) is 0 Å². The lowest BCUT2D eigenvalue weighted by Crippen LogP contribution is -2.32. The Labute approximate surface area is 174 Å². The number of amides is 1. The van der Waals surface area contributed by atoms with Crippen LogP contribution in [0.1, 0.15) is 24.1 Å². The minimum absolute atomic E-state index is 0.0297. The van der Waals surface area contributed by atoms with Crippen molar-refractivity contribution in [1.29, 1.82) is 0 Å². The molecule has 152 valence electrons. The molecule has 0 radical (unpaired) electrons. The summed E-state index contributed by atoms with van der Waals surface area (Å²) in [6, 6.07) is 12.9. The number of hydrogen-bond donors (Lipinski definition) is 1. The van der Waals surface area contributed by atoms with E-state index in [4.69, 9.17) is 21.1 Å². The van der Waals surface area contributed by atoms with E-state index in [1.807, 2.05) is 6.92 Å². The van der Waals surface area contributed by atoms with E-state index >= 15 is 0 Å². The van der Waals surface area contributed by atoms with Crippen LogP contribution in [0.2, 0.25) is 5.02 Å². The third-order valence-electron chi connectivity index (χ3n) is 4.68. The highest BCUT2D eigenvalue weighted by Crippen LogP contribution is 2.40. The molecule has 1 saturated heterocycles. The normalized spacial score (nSPS) is 18.3. The molecule has 6 nitrogen and oxygen atoms in total. The first-order chi connectivity index (χ1) is 14.0. The number of carbonyl (C=O) groups is 2. The van der Waals surface area contributed by atoms with E-state index in [9.17, 15) is 14.7 Å². The van der Waals surface area contributed by atoms with Crippen LogP contribution in [0, 0.1) is 0 Å². The maximum absolute atomic E-state index is 12.8. The Morgan fingerprint density at radius 2 is 1.90 bits per heavy atom. The first-order valence-electron chi connectivity index (χ1n) is 9.24. The third kappa shape index (κ3) is 4.28. The van der Waals surface area contributed by atoms with Gasteiger partial charge in [-0.2, -0.15) is 0 Å². The van der Waals surface area contributed by atoms with Crippen molar-refractivity contribution in [3.63, 3.8) is 0 Å². The number of likely N-dealkylation sites (tertiary alicyclic amines) is 1. The summed E-state index contributed by atoms with van der Waals surface area (Å²) in [7, 11) is 1.52. The highest BCUT2D eigenvalue weighted by Gasteiger charge is 2.45. The fourth-order valence-corrected chi connectivity index (χ4v) is 3.48. The van der Waals surface area contributed by atoms with Crippen molar-refractivity contribution in [2.75, 3.05) is 26.9 Å². The van der Waals surface area contributed by atoms with E-state index in [1.54, 1.807) is 48.5 Å². The second-order valence-corrected chi connectivity index (χ2v) is 6.93. The Hall–Kier alpha value is -2.83. The van der Waals surface area contributed by atoms with Gasteiger partial charge in [0, 0.05) is 24.2 Å². The molecular formula is C22H22ClNO5. The number of nitrogens with zero attached hydrogens (tertiary/aromatic N) is 1. The summed E-state index contributed by atoms with van der Waals surface area (Å²) in [6.07, 6.45) is 0. The van der Waals surface area contributed by atoms with Crippen molar-refractivity contribution < 1.29 is 24.2 Å². The van der Waals surface area contributed by atoms with Gasteiger partial charge in [0.1, 0.15) is 11.5 Å². The van der Waals surface area contributed by atoms with Crippen molar-refractivity contribution in [2.45, 2.75) is 13.0 Å². The standard InChI is InChI=1S/C22H22ClNO5/c1-3-29-17-6-4-5-15(13-17)19-18(20(25)14-7-9-16(23)10-8-14)21(26)22(27)24(19)11-12-28-2/h4-10,13,19,25H,3,11-12H2,1-2H3/b20-18-. The van der Waals surface area contributed by atoms with Gasteiger partial charge < -0.3 is 19.5 Å². The summed E-state index contributed by atoms with van der Waals surface area (Å²) < 4.78 is 10.7. The van der Waals surface area contributed by atoms with Crippen LogP contribution in [0.3, 0.4) is 0 Å². The first-order valence-corrected chi connectivity index (χ1v) is 9.61. The molecule has 1 heterocycles. The lowest BCUT2D eigenvalue weighted by atomic mass is 9.95. The van der Waals surface area contributed by atoms with Crippen LogP contribution >= 0.6 is 11.6 Å². The maximum Gasteiger partial charge on any atom is 0.295 e. The van der Waals surface area contributed by atoms with Gasteiger partial charge in [-0.15, -0.1) is 0 Å². The number of aliphatic hydroxyl groups excluding tert-OH is 1. The molecule has 1 amide bonds. The van der Waals surface area contributed by atoms with Gasteiger partial charge in [0.25, 0.3) is 11.7 Å². The van der Waals surface area contributed by atoms with Crippen molar-refractivity contribution in [3.8, 4) is 5.75 Å². The second-order valence-electron chi connectivity index (χ2n) is 6.50. The minimum atomic E-state index is -0.749. The van der Waals surface area contributed by atoms with Gasteiger partial charge in [0.05, 0.1) is 24.8 Å². The number of ether oxygens (including phenoxy) is 2. The van der Waals surface area contributed by atoms with Gasteiger partial charge >= 0.3 is 0 Å².